The van der Waals surface area contributed by atoms with E-state index >= 15 is 0 Å². The van der Waals surface area contributed by atoms with Gasteiger partial charge in [0.05, 0.1) is 7.11 Å². The van der Waals surface area contributed by atoms with Crippen molar-refractivity contribution in [3.8, 4) is 16.9 Å². The van der Waals surface area contributed by atoms with Gasteiger partial charge in [0.15, 0.2) is 0 Å². The van der Waals surface area contributed by atoms with E-state index < -0.39 is 0 Å². The Labute approximate surface area is 114 Å². The predicted octanol–water partition coefficient (Wildman–Crippen LogP) is 3.34. The van der Waals surface area contributed by atoms with Crippen molar-refractivity contribution in [2.75, 3.05) is 7.11 Å². The fourth-order valence-corrected chi connectivity index (χ4v) is 2.22. The Morgan fingerprint density at radius 2 is 2.05 bits per heavy atom. The van der Waals surface area contributed by atoms with Crippen molar-refractivity contribution in [2.24, 2.45) is 5.73 Å². The number of nitrogens with zero attached hydrogens (tertiary/aromatic N) is 1. The summed E-state index contributed by atoms with van der Waals surface area (Å²) < 4.78 is 5.42. The van der Waals surface area contributed by atoms with Crippen LogP contribution in [0.1, 0.15) is 30.9 Å². The minimum atomic E-state index is 0.415. The lowest BCUT2D eigenvalue weighted by molar-refractivity contribution is 0.407. The molecule has 3 nitrogen and oxygen atoms in total. The molecule has 0 aliphatic rings. The lowest BCUT2D eigenvalue weighted by Gasteiger charge is -2.15. The number of ether oxygens (including phenoxy) is 1. The van der Waals surface area contributed by atoms with Crippen LogP contribution in [0.15, 0.2) is 36.7 Å². The molecule has 1 aromatic carbocycles. The SMILES string of the molecule is COc1ccc(-c2ccncc2CN)cc1C(C)C. The van der Waals surface area contributed by atoms with Crippen molar-refractivity contribution in [1.82, 2.24) is 4.98 Å². The van der Waals surface area contributed by atoms with Crippen molar-refractivity contribution in [2.45, 2.75) is 26.3 Å². The molecular formula is C16H20N2O. The number of hydrogen-bond acceptors (Lipinski definition) is 3. The third-order valence-electron chi connectivity index (χ3n) is 3.29. The molecule has 3 heteroatoms. The molecule has 0 bridgehead atoms. The summed E-state index contributed by atoms with van der Waals surface area (Å²) in [5.74, 6) is 1.35. The van der Waals surface area contributed by atoms with Crippen LogP contribution in [0.5, 0.6) is 5.75 Å². The monoisotopic (exact) mass is 256 g/mol. The molecule has 0 fully saturated rings. The highest BCUT2D eigenvalue weighted by Crippen LogP contribution is 2.32. The molecule has 0 saturated carbocycles. The molecule has 2 N–H and O–H groups in total. The average molecular weight is 256 g/mol. The topological polar surface area (TPSA) is 48.1 Å². The minimum Gasteiger partial charge on any atom is -0.496 e. The van der Waals surface area contributed by atoms with Crippen LogP contribution in [-0.4, -0.2) is 12.1 Å². The standard InChI is InChI=1S/C16H20N2O/c1-11(2)15-8-12(4-5-16(15)19-3)14-6-7-18-10-13(14)9-17/h4-8,10-11H,9,17H2,1-3H3. The predicted molar refractivity (Wildman–Crippen MR) is 78.2 cm³/mol. The molecule has 100 valence electrons. The van der Waals surface area contributed by atoms with Gasteiger partial charge in [-0.2, -0.15) is 0 Å². The van der Waals surface area contributed by atoms with Crippen LogP contribution in [0.2, 0.25) is 0 Å². The minimum absolute atomic E-state index is 0.415. The second-order valence-electron chi connectivity index (χ2n) is 4.85. The van der Waals surface area contributed by atoms with Gasteiger partial charge in [-0.3, -0.25) is 4.98 Å². The van der Waals surface area contributed by atoms with Gasteiger partial charge in [-0.05, 0) is 46.4 Å². The van der Waals surface area contributed by atoms with Gasteiger partial charge in [-0.1, -0.05) is 19.9 Å². The Morgan fingerprint density at radius 1 is 1.26 bits per heavy atom. The lowest BCUT2D eigenvalue weighted by Crippen LogP contribution is -2.00. The Bertz CT molecular complexity index is 564. The zero-order valence-corrected chi connectivity index (χ0v) is 11.7. The second-order valence-corrected chi connectivity index (χ2v) is 4.85. The summed E-state index contributed by atoms with van der Waals surface area (Å²) in [6.45, 7) is 4.82. The van der Waals surface area contributed by atoms with Crippen LogP contribution >= 0.6 is 0 Å². The van der Waals surface area contributed by atoms with Gasteiger partial charge in [0.2, 0.25) is 0 Å². The third kappa shape index (κ3) is 2.76. The first-order valence-electron chi connectivity index (χ1n) is 6.48. The van der Waals surface area contributed by atoms with E-state index in [1.165, 1.54) is 5.56 Å². The first-order valence-corrected chi connectivity index (χ1v) is 6.48. The highest BCUT2D eigenvalue weighted by molar-refractivity contribution is 5.68. The number of nitrogens with two attached hydrogens (primary N) is 1. The summed E-state index contributed by atoms with van der Waals surface area (Å²) in [6.07, 6.45) is 3.63. The molecule has 19 heavy (non-hydrogen) atoms. The Balaban J connectivity index is 2.54. The number of hydrogen-bond donors (Lipinski definition) is 1. The fourth-order valence-electron chi connectivity index (χ4n) is 2.22. The van der Waals surface area contributed by atoms with Crippen LogP contribution in [0.3, 0.4) is 0 Å². The van der Waals surface area contributed by atoms with Crippen LogP contribution < -0.4 is 10.5 Å². The van der Waals surface area contributed by atoms with Gasteiger partial charge >= 0.3 is 0 Å². The molecule has 0 saturated heterocycles. The van der Waals surface area contributed by atoms with E-state index in [1.54, 1.807) is 13.3 Å². The van der Waals surface area contributed by atoms with Crippen molar-refractivity contribution >= 4 is 0 Å². The maximum Gasteiger partial charge on any atom is 0.122 e. The first-order chi connectivity index (χ1) is 9.17. The smallest absolute Gasteiger partial charge is 0.122 e. The van der Waals surface area contributed by atoms with Crippen LogP contribution in [0.4, 0.5) is 0 Å². The number of pyridine rings is 1. The van der Waals surface area contributed by atoms with Gasteiger partial charge in [-0.15, -0.1) is 0 Å². The van der Waals surface area contributed by atoms with Crippen molar-refractivity contribution in [3.05, 3.63) is 47.8 Å². The molecule has 2 rings (SSSR count). The van der Waals surface area contributed by atoms with Crippen LogP contribution in [-0.2, 0) is 6.54 Å². The molecule has 0 aliphatic carbocycles. The molecule has 0 atom stereocenters. The maximum absolute atomic E-state index is 5.78. The van der Waals surface area contributed by atoms with Crippen molar-refractivity contribution in [1.29, 1.82) is 0 Å². The molecule has 2 aromatic rings. The number of methoxy groups -OCH3 is 1. The van der Waals surface area contributed by atoms with E-state index in [2.05, 4.69) is 31.0 Å². The second kappa shape index (κ2) is 5.85. The summed E-state index contributed by atoms with van der Waals surface area (Å²) in [7, 11) is 1.71. The molecule has 0 radical (unpaired) electrons. The Hall–Kier alpha value is -1.87. The van der Waals surface area contributed by atoms with Gasteiger partial charge in [0.1, 0.15) is 5.75 Å². The van der Waals surface area contributed by atoms with Gasteiger partial charge < -0.3 is 10.5 Å². The molecule has 1 heterocycles. The summed E-state index contributed by atoms with van der Waals surface area (Å²) in [4.78, 5) is 4.13. The van der Waals surface area contributed by atoms with E-state index in [0.717, 1.165) is 22.4 Å². The van der Waals surface area contributed by atoms with Crippen LogP contribution in [0, 0.1) is 0 Å². The maximum atomic E-state index is 5.78. The first kappa shape index (κ1) is 13.6. The normalized spacial score (nSPS) is 10.8. The quantitative estimate of drug-likeness (QED) is 0.912. The Morgan fingerprint density at radius 3 is 2.68 bits per heavy atom. The molecule has 0 amide bonds. The van der Waals surface area contributed by atoms with Gasteiger partial charge in [-0.25, -0.2) is 0 Å². The third-order valence-corrected chi connectivity index (χ3v) is 3.29. The number of aromatic nitrogens is 1. The molecule has 0 spiro atoms. The number of rotatable bonds is 4. The lowest BCUT2D eigenvalue weighted by atomic mass is 9.95. The van der Waals surface area contributed by atoms with E-state index in [9.17, 15) is 0 Å². The highest BCUT2D eigenvalue weighted by atomic mass is 16.5. The van der Waals surface area contributed by atoms with Crippen molar-refractivity contribution in [3.63, 3.8) is 0 Å². The van der Waals surface area contributed by atoms with E-state index in [-0.39, 0.29) is 0 Å². The Kier molecular flexibility index (Phi) is 4.17. The van der Waals surface area contributed by atoms with Gasteiger partial charge in [0, 0.05) is 18.9 Å². The molecule has 1 aromatic heterocycles. The highest BCUT2D eigenvalue weighted by Gasteiger charge is 2.11. The average Bonchev–Trinajstić information content (AvgIpc) is 2.46. The van der Waals surface area contributed by atoms with E-state index in [0.29, 0.717) is 12.5 Å². The summed E-state index contributed by atoms with van der Waals surface area (Å²) >= 11 is 0. The van der Waals surface area contributed by atoms with Gasteiger partial charge in [0.25, 0.3) is 0 Å². The molecule has 0 aliphatic heterocycles. The largest absolute Gasteiger partial charge is 0.496 e. The summed E-state index contributed by atoms with van der Waals surface area (Å²) in [6, 6.07) is 8.27. The molecule has 0 unspecified atom stereocenters. The number of benzene rings is 1. The van der Waals surface area contributed by atoms with Crippen LogP contribution in [0.25, 0.3) is 11.1 Å². The summed E-state index contributed by atoms with van der Waals surface area (Å²) in [5, 5.41) is 0. The zero-order valence-electron chi connectivity index (χ0n) is 11.7. The summed E-state index contributed by atoms with van der Waals surface area (Å²) in [5.41, 5.74) is 10.3. The van der Waals surface area contributed by atoms with E-state index in [1.807, 2.05) is 18.3 Å². The van der Waals surface area contributed by atoms with E-state index in [4.69, 9.17) is 10.5 Å². The zero-order chi connectivity index (χ0) is 13.8. The molecular weight excluding hydrogens is 236 g/mol. The fraction of sp³-hybridized carbons (Fsp3) is 0.312. The van der Waals surface area contributed by atoms with Crippen molar-refractivity contribution < 1.29 is 4.74 Å².